The summed E-state index contributed by atoms with van der Waals surface area (Å²) < 4.78 is 54.5. The number of alkyl halides is 3. The Morgan fingerprint density at radius 2 is 1.69 bits per heavy atom. The number of hydrogen-bond acceptors (Lipinski definition) is 5. The van der Waals surface area contributed by atoms with E-state index in [-0.39, 0.29) is 25.9 Å². The van der Waals surface area contributed by atoms with E-state index < -0.39 is 29.9 Å². The van der Waals surface area contributed by atoms with E-state index in [2.05, 4.69) is 4.74 Å². The molecule has 2 unspecified atom stereocenters. The molecule has 1 aliphatic rings. The third kappa shape index (κ3) is 6.27. The minimum absolute atomic E-state index is 0.0225. The van der Waals surface area contributed by atoms with Gasteiger partial charge in [-0.2, -0.15) is 13.2 Å². The number of hydrogen-bond donors (Lipinski definition) is 0. The number of benzene rings is 1. The van der Waals surface area contributed by atoms with E-state index >= 15 is 0 Å². The molecule has 1 fully saturated rings. The molecule has 1 saturated carbocycles. The molecule has 0 heterocycles. The lowest BCUT2D eigenvalue weighted by Gasteiger charge is -2.33. The maximum absolute atomic E-state index is 13.1. The second-order valence-corrected chi connectivity index (χ2v) is 7.09. The SMILES string of the molecule is COC(=O)CN(Cc1cc(OC)cc(OC)c1)C(=O)C1CCCC(C(F)(F)F)C1. The van der Waals surface area contributed by atoms with E-state index in [1.165, 1.54) is 26.2 Å². The van der Waals surface area contributed by atoms with E-state index in [9.17, 15) is 22.8 Å². The van der Waals surface area contributed by atoms with Crippen LogP contribution in [0.3, 0.4) is 0 Å². The fourth-order valence-corrected chi connectivity index (χ4v) is 3.58. The van der Waals surface area contributed by atoms with Crippen LogP contribution in [0.5, 0.6) is 11.5 Å². The summed E-state index contributed by atoms with van der Waals surface area (Å²) >= 11 is 0. The highest BCUT2D eigenvalue weighted by Crippen LogP contribution is 2.40. The Hall–Kier alpha value is -2.45. The number of esters is 1. The molecule has 162 valence electrons. The third-order valence-electron chi connectivity index (χ3n) is 5.13. The first kappa shape index (κ1) is 22.8. The molecular weight excluding hydrogens is 391 g/mol. The first-order valence-electron chi connectivity index (χ1n) is 9.32. The Morgan fingerprint density at radius 1 is 1.07 bits per heavy atom. The lowest BCUT2D eigenvalue weighted by atomic mass is 9.80. The first-order valence-corrected chi connectivity index (χ1v) is 9.32. The lowest BCUT2D eigenvalue weighted by molar-refractivity contribution is -0.187. The fourth-order valence-electron chi connectivity index (χ4n) is 3.58. The van der Waals surface area contributed by atoms with Gasteiger partial charge in [-0.15, -0.1) is 0 Å². The van der Waals surface area contributed by atoms with Gasteiger partial charge in [0.25, 0.3) is 0 Å². The summed E-state index contributed by atoms with van der Waals surface area (Å²) in [4.78, 5) is 26.1. The summed E-state index contributed by atoms with van der Waals surface area (Å²) in [6.45, 7) is -0.323. The molecule has 0 spiro atoms. The standard InChI is InChI=1S/C20H26F3NO5/c1-27-16-7-13(8-17(10-16)28-2)11-24(12-18(25)29-3)19(26)14-5-4-6-15(9-14)20(21,22)23/h7-8,10,14-15H,4-6,9,11-12H2,1-3H3. The summed E-state index contributed by atoms with van der Waals surface area (Å²) in [7, 11) is 4.16. The molecule has 9 heteroatoms. The zero-order chi connectivity index (χ0) is 21.6. The Balaban J connectivity index is 2.23. The second kappa shape index (κ2) is 9.84. The van der Waals surface area contributed by atoms with Crippen LogP contribution in [0.1, 0.15) is 31.2 Å². The smallest absolute Gasteiger partial charge is 0.391 e. The molecule has 2 atom stereocenters. The molecule has 0 aliphatic heterocycles. The molecule has 0 bridgehead atoms. The van der Waals surface area contributed by atoms with Crippen molar-refractivity contribution in [2.45, 2.75) is 38.4 Å². The van der Waals surface area contributed by atoms with Crippen LogP contribution >= 0.6 is 0 Å². The predicted octanol–water partition coefficient (Wildman–Crippen LogP) is 3.57. The minimum Gasteiger partial charge on any atom is -0.497 e. The quantitative estimate of drug-likeness (QED) is 0.635. The van der Waals surface area contributed by atoms with E-state index in [0.29, 0.717) is 29.9 Å². The van der Waals surface area contributed by atoms with Gasteiger partial charge in [-0.25, -0.2) is 0 Å². The highest BCUT2D eigenvalue weighted by atomic mass is 19.4. The van der Waals surface area contributed by atoms with Gasteiger partial charge in [0.15, 0.2) is 0 Å². The van der Waals surface area contributed by atoms with E-state index in [1.807, 2.05) is 0 Å². The van der Waals surface area contributed by atoms with Crippen molar-refractivity contribution in [3.8, 4) is 11.5 Å². The van der Waals surface area contributed by atoms with Crippen LogP contribution in [0.4, 0.5) is 13.2 Å². The van der Waals surface area contributed by atoms with Crippen LogP contribution in [-0.2, 0) is 20.9 Å². The Labute approximate surface area is 167 Å². The fraction of sp³-hybridized carbons (Fsp3) is 0.600. The van der Waals surface area contributed by atoms with Gasteiger partial charge in [-0.3, -0.25) is 9.59 Å². The minimum atomic E-state index is -4.33. The molecule has 1 amide bonds. The molecule has 29 heavy (non-hydrogen) atoms. The van der Waals surface area contributed by atoms with Gasteiger partial charge in [0.2, 0.25) is 5.91 Å². The average Bonchev–Trinajstić information content (AvgIpc) is 2.71. The molecule has 1 aromatic rings. The van der Waals surface area contributed by atoms with Gasteiger partial charge in [-0.05, 0) is 37.0 Å². The van der Waals surface area contributed by atoms with Crippen molar-refractivity contribution in [1.29, 1.82) is 0 Å². The number of nitrogens with zero attached hydrogens (tertiary/aromatic N) is 1. The number of carbonyl (C=O) groups is 2. The topological polar surface area (TPSA) is 65.1 Å². The van der Waals surface area contributed by atoms with Crippen molar-refractivity contribution < 1.29 is 37.0 Å². The summed E-state index contributed by atoms with van der Waals surface area (Å²) in [5, 5.41) is 0. The molecule has 6 nitrogen and oxygen atoms in total. The number of carbonyl (C=O) groups excluding carboxylic acids is 2. The van der Waals surface area contributed by atoms with Crippen LogP contribution in [-0.4, -0.2) is 50.8 Å². The largest absolute Gasteiger partial charge is 0.497 e. The van der Waals surface area contributed by atoms with E-state index in [1.54, 1.807) is 18.2 Å². The Bertz CT molecular complexity index is 700. The zero-order valence-electron chi connectivity index (χ0n) is 16.8. The first-order chi connectivity index (χ1) is 13.7. The summed E-state index contributed by atoms with van der Waals surface area (Å²) in [6, 6.07) is 5.02. The molecule has 2 rings (SSSR count). The molecule has 1 aromatic carbocycles. The summed E-state index contributed by atoms with van der Waals surface area (Å²) in [5.41, 5.74) is 0.627. The summed E-state index contributed by atoms with van der Waals surface area (Å²) in [5.74, 6) is -2.41. The van der Waals surface area contributed by atoms with Gasteiger partial charge in [0.05, 0.1) is 27.2 Å². The molecule has 0 saturated heterocycles. The molecular formula is C20H26F3NO5. The molecule has 0 N–H and O–H groups in total. The number of methoxy groups -OCH3 is 3. The van der Waals surface area contributed by atoms with Crippen LogP contribution < -0.4 is 9.47 Å². The predicted molar refractivity (Wildman–Crippen MR) is 98.5 cm³/mol. The van der Waals surface area contributed by atoms with Gasteiger partial charge in [0, 0.05) is 18.5 Å². The van der Waals surface area contributed by atoms with Crippen molar-refractivity contribution in [3.63, 3.8) is 0 Å². The van der Waals surface area contributed by atoms with Gasteiger partial charge >= 0.3 is 12.1 Å². The van der Waals surface area contributed by atoms with E-state index in [4.69, 9.17) is 9.47 Å². The third-order valence-corrected chi connectivity index (χ3v) is 5.13. The highest BCUT2D eigenvalue weighted by Gasteiger charge is 2.44. The lowest BCUT2D eigenvalue weighted by Crippen LogP contribution is -2.42. The maximum Gasteiger partial charge on any atom is 0.391 e. The second-order valence-electron chi connectivity index (χ2n) is 7.09. The average molecular weight is 417 g/mol. The molecule has 1 aliphatic carbocycles. The number of amides is 1. The van der Waals surface area contributed by atoms with Crippen molar-refractivity contribution in [3.05, 3.63) is 23.8 Å². The number of ether oxygens (including phenoxy) is 3. The van der Waals surface area contributed by atoms with E-state index in [0.717, 1.165) is 0 Å². The van der Waals surface area contributed by atoms with Crippen LogP contribution in [0.15, 0.2) is 18.2 Å². The van der Waals surface area contributed by atoms with Gasteiger partial charge in [0.1, 0.15) is 18.0 Å². The Morgan fingerprint density at radius 3 is 2.21 bits per heavy atom. The highest BCUT2D eigenvalue weighted by molar-refractivity contribution is 5.83. The number of halogens is 3. The van der Waals surface area contributed by atoms with Crippen molar-refractivity contribution >= 4 is 11.9 Å². The Kier molecular flexibility index (Phi) is 7.75. The number of rotatable bonds is 7. The molecule has 0 aromatic heterocycles. The van der Waals surface area contributed by atoms with Gasteiger partial charge in [-0.1, -0.05) is 6.42 Å². The maximum atomic E-state index is 13.1. The monoisotopic (exact) mass is 417 g/mol. The van der Waals surface area contributed by atoms with Crippen molar-refractivity contribution in [1.82, 2.24) is 4.90 Å². The van der Waals surface area contributed by atoms with Crippen LogP contribution in [0.2, 0.25) is 0 Å². The normalized spacial score (nSPS) is 19.4. The zero-order valence-corrected chi connectivity index (χ0v) is 16.8. The summed E-state index contributed by atoms with van der Waals surface area (Å²) in [6.07, 6.45) is -3.88. The van der Waals surface area contributed by atoms with Crippen molar-refractivity contribution in [2.24, 2.45) is 11.8 Å². The van der Waals surface area contributed by atoms with Crippen LogP contribution in [0, 0.1) is 11.8 Å². The van der Waals surface area contributed by atoms with Crippen LogP contribution in [0.25, 0.3) is 0 Å². The molecule has 0 radical (unpaired) electrons. The van der Waals surface area contributed by atoms with Gasteiger partial charge < -0.3 is 19.1 Å². The van der Waals surface area contributed by atoms with Crippen molar-refractivity contribution in [2.75, 3.05) is 27.9 Å².